The number of nitrogens with one attached hydrogen (secondary N) is 1. The van der Waals surface area contributed by atoms with Gasteiger partial charge in [-0.05, 0) is 25.2 Å². The van der Waals surface area contributed by atoms with E-state index >= 15 is 0 Å². The Balaban J connectivity index is 1.93. The standard InChI is InChI=1S/C18H15Cl2NO3/c1-21-18(17-8-11(22)10-23-17)13-4-2-3-5-16(13)24-12-6-7-14(19)15(20)9-12/h2-9,18,21H,10H2,1H3. The summed E-state index contributed by atoms with van der Waals surface area (Å²) in [5.74, 6) is 1.74. The molecule has 0 amide bonds. The van der Waals surface area contributed by atoms with Gasteiger partial charge >= 0.3 is 0 Å². The van der Waals surface area contributed by atoms with E-state index in [2.05, 4.69) is 5.32 Å². The fourth-order valence-corrected chi connectivity index (χ4v) is 2.78. The van der Waals surface area contributed by atoms with Gasteiger partial charge in [-0.15, -0.1) is 0 Å². The first-order valence-electron chi connectivity index (χ1n) is 7.35. The zero-order valence-corrected chi connectivity index (χ0v) is 14.4. The van der Waals surface area contributed by atoms with Crippen molar-refractivity contribution in [2.75, 3.05) is 13.7 Å². The molecule has 0 fully saturated rings. The molecule has 1 aliphatic heterocycles. The molecule has 0 aliphatic carbocycles. The first-order valence-corrected chi connectivity index (χ1v) is 8.10. The second kappa shape index (κ2) is 7.26. The summed E-state index contributed by atoms with van der Waals surface area (Å²) in [6.07, 6.45) is 1.51. The number of carbonyl (C=O) groups is 1. The molecule has 0 saturated heterocycles. The second-order valence-electron chi connectivity index (χ2n) is 5.24. The van der Waals surface area contributed by atoms with Crippen molar-refractivity contribution in [2.24, 2.45) is 0 Å². The van der Waals surface area contributed by atoms with Crippen LogP contribution in [0.2, 0.25) is 10.0 Å². The van der Waals surface area contributed by atoms with Crippen LogP contribution in [0.3, 0.4) is 0 Å². The van der Waals surface area contributed by atoms with Crippen LogP contribution in [0.25, 0.3) is 0 Å². The highest BCUT2D eigenvalue weighted by atomic mass is 35.5. The van der Waals surface area contributed by atoms with Crippen molar-refractivity contribution in [3.05, 3.63) is 69.9 Å². The molecule has 0 bridgehead atoms. The van der Waals surface area contributed by atoms with Crippen molar-refractivity contribution in [1.82, 2.24) is 5.32 Å². The van der Waals surface area contributed by atoms with E-state index < -0.39 is 0 Å². The van der Waals surface area contributed by atoms with Gasteiger partial charge in [0.1, 0.15) is 17.3 Å². The Hall–Kier alpha value is -2.01. The van der Waals surface area contributed by atoms with E-state index in [1.165, 1.54) is 6.08 Å². The van der Waals surface area contributed by atoms with Gasteiger partial charge in [0.25, 0.3) is 0 Å². The molecule has 0 radical (unpaired) electrons. The van der Waals surface area contributed by atoms with Gasteiger partial charge in [0, 0.05) is 17.7 Å². The molecule has 1 atom stereocenters. The molecule has 124 valence electrons. The lowest BCUT2D eigenvalue weighted by molar-refractivity contribution is -0.115. The predicted octanol–water partition coefficient (Wildman–Crippen LogP) is 4.53. The lowest BCUT2D eigenvalue weighted by Crippen LogP contribution is -2.19. The van der Waals surface area contributed by atoms with E-state index in [4.69, 9.17) is 32.7 Å². The fraction of sp³-hybridized carbons (Fsp3) is 0.167. The third kappa shape index (κ3) is 3.56. The normalized spacial score (nSPS) is 15.0. The highest BCUT2D eigenvalue weighted by Gasteiger charge is 2.25. The number of benzene rings is 2. The molecule has 4 nitrogen and oxygen atoms in total. The van der Waals surface area contributed by atoms with E-state index in [0.717, 1.165) is 5.56 Å². The predicted molar refractivity (Wildman–Crippen MR) is 93.8 cm³/mol. The van der Waals surface area contributed by atoms with E-state index in [1.807, 2.05) is 24.3 Å². The summed E-state index contributed by atoms with van der Waals surface area (Å²) < 4.78 is 11.4. The van der Waals surface area contributed by atoms with E-state index in [1.54, 1.807) is 25.2 Å². The second-order valence-corrected chi connectivity index (χ2v) is 6.05. The molecule has 0 spiro atoms. The summed E-state index contributed by atoms with van der Waals surface area (Å²) in [5.41, 5.74) is 0.854. The van der Waals surface area contributed by atoms with Gasteiger partial charge in [-0.1, -0.05) is 41.4 Å². The number of likely N-dealkylation sites (N-methyl/N-ethyl adjacent to an activating group) is 1. The maximum absolute atomic E-state index is 11.5. The van der Waals surface area contributed by atoms with Crippen LogP contribution in [0, 0.1) is 0 Å². The van der Waals surface area contributed by atoms with Crippen molar-refractivity contribution < 1.29 is 14.3 Å². The SMILES string of the molecule is CNC(C1=CC(=O)CO1)c1ccccc1Oc1ccc(Cl)c(Cl)c1. The number of carbonyl (C=O) groups excluding carboxylic acids is 1. The number of ketones is 1. The van der Waals surface area contributed by atoms with Gasteiger partial charge < -0.3 is 14.8 Å². The van der Waals surface area contributed by atoms with Gasteiger partial charge in [-0.25, -0.2) is 0 Å². The van der Waals surface area contributed by atoms with Crippen LogP contribution in [-0.2, 0) is 9.53 Å². The minimum Gasteiger partial charge on any atom is -0.488 e. The molecule has 0 aromatic heterocycles. The molecule has 6 heteroatoms. The largest absolute Gasteiger partial charge is 0.488 e. The Labute approximate surface area is 150 Å². The third-order valence-electron chi connectivity index (χ3n) is 3.61. The van der Waals surface area contributed by atoms with Crippen molar-refractivity contribution in [2.45, 2.75) is 6.04 Å². The van der Waals surface area contributed by atoms with Crippen LogP contribution in [-0.4, -0.2) is 19.4 Å². The average Bonchev–Trinajstić information content (AvgIpc) is 2.99. The Morgan fingerprint density at radius 1 is 1.17 bits per heavy atom. The molecular weight excluding hydrogens is 349 g/mol. The van der Waals surface area contributed by atoms with E-state index in [-0.39, 0.29) is 18.4 Å². The van der Waals surface area contributed by atoms with Gasteiger partial charge in [0.2, 0.25) is 0 Å². The smallest absolute Gasteiger partial charge is 0.196 e. The maximum atomic E-state index is 11.5. The molecule has 1 heterocycles. The number of hydrogen-bond acceptors (Lipinski definition) is 4. The molecule has 1 unspecified atom stereocenters. The molecule has 2 aromatic carbocycles. The summed E-state index contributed by atoms with van der Waals surface area (Å²) in [5, 5.41) is 4.04. The third-order valence-corrected chi connectivity index (χ3v) is 4.35. The van der Waals surface area contributed by atoms with E-state index in [9.17, 15) is 4.79 Å². The van der Waals surface area contributed by atoms with Gasteiger partial charge in [0.15, 0.2) is 12.4 Å². The Morgan fingerprint density at radius 2 is 1.96 bits per heavy atom. The monoisotopic (exact) mass is 363 g/mol. The molecule has 2 aromatic rings. The Morgan fingerprint density at radius 3 is 2.62 bits per heavy atom. The highest BCUT2D eigenvalue weighted by molar-refractivity contribution is 6.42. The number of rotatable bonds is 5. The van der Waals surface area contributed by atoms with Crippen LogP contribution < -0.4 is 10.1 Å². The molecule has 1 aliphatic rings. The van der Waals surface area contributed by atoms with Gasteiger partial charge in [-0.3, -0.25) is 4.79 Å². The minimum absolute atomic E-state index is 0.0480. The number of ether oxygens (including phenoxy) is 2. The minimum atomic E-state index is -0.282. The van der Waals surface area contributed by atoms with Crippen LogP contribution >= 0.6 is 23.2 Å². The van der Waals surface area contributed by atoms with Crippen molar-refractivity contribution in [3.63, 3.8) is 0 Å². The summed E-state index contributed by atoms with van der Waals surface area (Å²) >= 11 is 12.0. The summed E-state index contributed by atoms with van der Waals surface area (Å²) in [4.78, 5) is 11.5. The topological polar surface area (TPSA) is 47.6 Å². The first kappa shape index (κ1) is 16.8. The van der Waals surface area contributed by atoms with Crippen LogP contribution in [0.4, 0.5) is 0 Å². The molecule has 1 N–H and O–H groups in total. The van der Waals surface area contributed by atoms with Crippen LogP contribution in [0.1, 0.15) is 11.6 Å². The first-order chi connectivity index (χ1) is 11.6. The molecule has 24 heavy (non-hydrogen) atoms. The quantitative estimate of drug-likeness (QED) is 0.847. The van der Waals surface area contributed by atoms with Crippen molar-refractivity contribution in [3.8, 4) is 11.5 Å². The molecule has 3 rings (SSSR count). The molecular formula is C18H15Cl2NO3. The molecule has 0 saturated carbocycles. The maximum Gasteiger partial charge on any atom is 0.196 e. The Kier molecular flexibility index (Phi) is 5.09. The average molecular weight is 364 g/mol. The number of para-hydroxylation sites is 1. The lowest BCUT2D eigenvalue weighted by Gasteiger charge is -2.20. The fourth-order valence-electron chi connectivity index (χ4n) is 2.49. The summed E-state index contributed by atoms with van der Waals surface area (Å²) in [6.45, 7) is 0.0727. The number of hydrogen-bond donors (Lipinski definition) is 1. The summed E-state index contributed by atoms with van der Waals surface area (Å²) in [7, 11) is 1.80. The Bertz CT molecular complexity index is 805. The van der Waals surface area contributed by atoms with Gasteiger partial charge in [0.05, 0.1) is 16.1 Å². The number of halogens is 2. The van der Waals surface area contributed by atoms with Crippen LogP contribution in [0.15, 0.2) is 54.3 Å². The van der Waals surface area contributed by atoms with Crippen molar-refractivity contribution >= 4 is 29.0 Å². The zero-order valence-electron chi connectivity index (χ0n) is 12.9. The zero-order chi connectivity index (χ0) is 17.1. The van der Waals surface area contributed by atoms with Gasteiger partial charge in [-0.2, -0.15) is 0 Å². The van der Waals surface area contributed by atoms with E-state index in [0.29, 0.717) is 27.3 Å². The highest BCUT2D eigenvalue weighted by Crippen LogP contribution is 2.35. The van der Waals surface area contributed by atoms with Crippen LogP contribution in [0.5, 0.6) is 11.5 Å². The lowest BCUT2D eigenvalue weighted by atomic mass is 10.0. The van der Waals surface area contributed by atoms with Crippen molar-refractivity contribution in [1.29, 1.82) is 0 Å². The summed E-state index contributed by atoms with van der Waals surface area (Å²) in [6, 6.07) is 12.3.